The van der Waals surface area contributed by atoms with Crippen LogP contribution in [0.25, 0.3) is 40.2 Å². The number of benzene rings is 4. The molecule has 0 aliphatic heterocycles. The summed E-state index contributed by atoms with van der Waals surface area (Å²) in [6, 6.07) is 24.4. The molecule has 1 aromatic heterocycles. The Morgan fingerprint density at radius 1 is 0.905 bits per heavy atom. The zero-order chi connectivity index (χ0) is 29.9. The molecule has 212 valence electrons. The van der Waals surface area contributed by atoms with Gasteiger partial charge in [0.2, 0.25) is 0 Å². The van der Waals surface area contributed by atoms with Crippen molar-refractivity contribution < 1.29 is 26.7 Å². The minimum Gasteiger partial charge on any atom is -0.462 e. The average Bonchev–Trinajstić information content (AvgIpc) is 3.40. The molecule has 5 rings (SSSR count). The van der Waals surface area contributed by atoms with Gasteiger partial charge in [0.1, 0.15) is 17.5 Å². The summed E-state index contributed by atoms with van der Waals surface area (Å²) in [6.07, 6.45) is 6.43. The number of imidazole rings is 1. The van der Waals surface area contributed by atoms with Crippen molar-refractivity contribution in [2.24, 2.45) is 0 Å². The van der Waals surface area contributed by atoms with Crippen LogP contribution in [0.2, 0.25) is 0 Å². The first kappa shape index (κ1) is 28.6. The highest BCUT2D eigenvalue weighted by molar-refractivity contribution is 7.90. The van der Waals surface area contributed by atoms with Gasteiger partial charge in [0.25, 0.3) is 0 Å². The number of carbonyl (C=O) groups excluding carboxylic acids is 1. The van der Waals surface area contributed by atoms with Crippen LogP contribution in [0.1, 0.15) is 28.7 Å². The first-order valence-corrected chi connectivity index (χ1v) is 14.9. The lowest BCUT2D eigenvalue weighted by atomic mass is 10.0. The molecule has 0 spiro atoms. The number of nitrogens with zero attached hydrogens (tertiary/aromatic N) is 2. The Morgan fingerprint density at radius 2 is 1.64 bits per heavy atom. The largest absolute Gasteiger partial charge is 0.462 e. The summed E-state index contributed by atoms with van der Waals surface area (Å²) in [5.74, 6) is -1.38. The van der Waals surface area contributed by atoms with Gasteiger partial charge >= 0.3 is 5.97 Å². The molecule has 1 heterocycles. The molecule has 0 N–H and O–H groups in total. The lowest BCUT2D eigenvalue weighted by Gasteiger charge is -2.07. The number of rotatable bonds is 8. The Labute approximate surface area is 242 Å². The van der Waals surface area contributed by atoms with Gasteiger partial charge in [-0.3, -0.25) is 4.57 Å². The van der Waals surface area contributed by atoms with Crippen molar-refractivity contribution in [3.05, 3.63) is 126 Å². The Kier molecular flexibility index (Phi) is 8.13. The number of hydrogen-bond donors (Lipinski definition) is 0. The molecule has 4 aromatic carbocycles. The monoisotopic (exact) mass is 584 g/mol. The number of esters is 1. The lowest BCUT2D eigenvalue weighted by molar-refractivity contribution is 0.0526. The summed E-state index contributed by atoms with van der Waals surface area (Å²) in [5, 5.41) is 0. The molecule has 0 saturated carbocycles. The van der Waals surface area contributed by atoms with Crippen LogP contribution in [-0.2, 0) is 14.6 Å². The Bertz CT molecular complexity index is 1900. The van der Waals surface area contributed by atoms with Crippen molar-refractivity contribution in [2.75, 3.05) is 12.9 Å². The van der Waals surface area contributed by atoms with Gasteiger partial charge in [-0.1, -0.05) is 42.5 Å². The number of hydrogen-bond acceptors (Lipinski definition) is 5. The molecule has 6 nitrogen and oxygen atoms in total. The van der Waals surface area contributed by atoms with Gasteiger partial charge in [-0.15, -0.1) is 0 Å². The summed E-state index contributed by atoms with van der Waals surface area (Å²) in [5.41, 5.74) is 4.00. The van der Waals surface area contributed by atoms with E-state index in [1.165, 1.54) is 18.4 Å². The third-order valence-electron chi connectivity index (χ3n) is 6.53. The predicted molar refractivity (Wildman–Crippen MR) is 159 cm³/mol. The van der Waals surface area contributed by atoms with Crippen LogP contribution < -0.4 is 0 Å². The Morgan fingerprint density at radius 3 is 2.31 bits per heavy atom. The van der Waals surface area contributed by atoms with Crippen LogP contribution in [0.3, 0.4) is 0 Å². The Hall–Kier alpha value is -4.89. The van der Waals surface area contributed by atoms with E-state index in [1.54, 1.807) is 66.2 Å². The van der Waals surface area contributed by atoms with Gasteiger partial charge in [0, 0.05) is 29.8 Å². The molecule has 0 radical (unpaired) electrons. The maximum Gasteiger partial charge on any atom is 0.338 e. The van der Waals surface area contributed by atoms with E-state index in [-0.39, 0.29) is 17.1 Å². The minimum atomic E-state index is -3.33. The highest BCUT2D eigenvalue weighted by atomic mass is 32.2. The number of aromatic nitrogens is 2. The summed E-state index contributed by atoms with van der Waals surface area (Å²) < 4.78 is 58.9. The summed E-state index contributed by atoms with van der Waals surface area (Å²) in [7, 11) is -3.33. The maximum atomic E-state index is 14.6. The van der Waals surface area contributed by atoms with E-state index in [4.69, 9.17) is 4.74 Å². The molecular weight excluding hydrogens is 558 g/mol. The summed E-state index contributed by atoms with van der Waals surface area (Å²) in [4.78, 5) is 17.0. The molecule has 42 heavy (non-hydrogen) atoms. The van der Waals surface area contributed by atoms with E-state index < -0.39 is 27.4 Å². The SMILES string of the molecule is CCOC(=O)c1ccc(-n2cc(-c3ccc(F)cc3F)nc2C=Cc2ccc(-c3cccc(S(C)(=O)=O)c3)cc2)cc1. The van der Waals surface area contributed by atoms with Gasteiger partial charge in [-0.25, -0.2) is 27.0 Å². The van der Waals surface area contributed by atoms with Gasteiger partial charge < -0.3 is 4.74 Å². The summed E-state index contributed by atoms with van der Waals surface area (Å²) >= 11 is 0. The number of carbonyl (C=O) groups is 1. The van der Waals surface area contributed by atoms with E-state index in [9.17, 15) is 22.0 Å². The first-order valence-electron chi connectivity index (χ1n) is 13.0. The fourth-order valence-electron chi connectivity index (χ4n) is 4.38. The highest BCUT2D eigenvalue weighted by Gasteiger charge is 2.15. The first-order chi connectivity index (χ1) is 20.1. The molecule has 0 unspecified atom stereocenters. The second kappa shape index (κ2) is 11.9. The topological polar surface area (TPSA) is 78.3 Å². The molecular formula is C33H26F2N2O4S. The zero-order valence-corrected chi connectivity index (χ0v) is 23.6. The third-order valence-corrected chi connectivity index (χ3v) is 7.64. The molecule has 0 atom stereocenters. The number of ether oxygens (including phenoxy) is 1. The van der Waals surface area contributed by atoms with Crippen molar-refractivity contribution >= 4 is 28.0 Å². The van der Waals surface area contributed by atoms with Gasteiger partial charge in [-0.05, 0) is 78.2 Å². The van der Waals surface area contributed by atoms with Gasteiger partial charge in [0.15, 0.2) is 9.84 Å². The van der Waals surface area contributed by atoms with E-state index in [0.717, 1.165) is 22.8 Å². The van der Waals surface area contributed by atoms with Crippen LogP contribution in [-0.4, -0.2) is 36.8 Å². The minimum absolute atomic E-state index is 0.147. The van der Waals surface area contributed by atoms with Crippen molar-refractivity contribution in [3.8, 4) is 28.1 Å². The fourth-order valence-corrected chi connectivity index (χ4v) is 5.05. The van der Waals surface area contributed by atoms with Crippen molar-refractivity contribution in [3.63, 3.8) is 0 Å². The maximum absolute atomic E-state index is 14.6. The van der Waals surface area contributed by atoms with E-state index >= 15 is 0 Å². The van der Waals surface area contributed by atoms with E-state index in [1.807, 2.05) is 36.4 Å². The smallest absolute Gasteiger partial charge is 0.338 e. The van der Waals surface area contributed by atoms with Gasteiger partial charge in [-0.2, -0.15) is 0 Å². The standard InChI is InChI=1S/C33H26F2N2O4S/c1-3-41-33(38)24-12-15-27(16-13-24)37-21-31(29-17-14-26(34)20-30(29)35)36-32(37)18-9-22-7-10-23(11-8-22)25-5-4-6-28(19-25)42(2,39)40/h4-21H,3H2,1-2H3. The normalized spacial score (nSPS) is 11.6. The molecule has 0 saturated heterocycles. The van der Waals surface area contributed by atoms with Crippen LogP contribution >= 0.6 is 0 Å². The van der Waals surface area contributed by atoms with Crippen LogP contribution in [0.5, 0.6) is 0 Å². The summed E-state index contributed by atoms with van der Waals surface area (Å²) in [6.45, 7) is 1.99. The lowest BCUT2D eigenvalue weighted by Crippen LogP contribution is -2.05. The van der Waals surface area contributed by atoms with Crippen LogP contribution in [0, 0.1) is 11.6 Å². The molecule has 0 bridgehead atoms. The van der Waals surface area contributed by atoms with Crippen LogP contribution in [0.15, 0.2) is 102 Å². The average molecular weight is 585 g/mol. The molecule has 9 heteroatoms. The quantitative estimate of drug-likeness (QED) is 0.180. The van der Waals surface area contributed by atoms with Crippen molar-refractivity contribution in [2.45, 2.75) is 11.8 Å². The van der Waals surface area contributed by atoms with E-state index in [2.05, 4.69) is 4.98 Å². The fraction of sp³-hybridized carbons (Fsp3) is 0.0909. The molecule has 0 amide bonds. The van der Waals surface area contributed by atoms with Crippen molar-refractivity contribution in [1.82, 2.24) is 9.55 Å². The third kappa shape index (κ3) is 6.37. The van der Waals surface area contributed by atoms with Gasteiger partial charge in [0.05, 0.1) is 22.8 Å². The predicted octanol–water partition coefficient (Wildman–Crippen LogP) is 7.24. The zero-order valence-electron chi connectivity index (χ0n) is 22.8. The molecule has 0 fully saturated rings. The second-order valence-electron chi connectivity index (χ2n) is 9.50. The molecule has 0 aliphatic rings. The highest BCUT2D eigenvalue weighted by Crippen LogP contribution is 2.27. The van der Waals surface area contributed by atoms with E-state index in [0.29, 0.717) is 22.8 Å². The number of halogens is 2. The second-order valence-corrected chi connectivity index (χ2v) is 11.5. The van der Waals surface area contributed by atoms with Crippen LogP contribution in [0.4, 0.5) is 8.78 Å². The number of sulfone groups is 1. The molecule has 5 aromatic rings. The Balaban J connectivity index is 1.48. The molecule has 0 aliphatic carbocycles. The van der Waals surface area contributed by atoms with Crippen molar-refractivity contribution in [1.29, 1.82) is 0 Å².